The fourth-order valence-electron chi connectivity index (χ4n) is 7.28. The van der Waals surface area contributed by atoms with E-state index in [0.717, 1.165) is 0 Å². The van der Waals surface area contributed by atoms with Gasteiger partial charge in [-0.3, -0.25) is 5.32 Å². The van der Waals surface area contributed by atoms with Crippen molar-refractivity contribution in [1.82, 2.24) is 5.32 Å². The van der Waals surface area contributed by atoms with Gasteiger partial charge in [0.05, 0.1) is 38.6 Å². The molecule has 24 atom stereocenters. The van der Waals surface area contributed by atoms with Gasteiger partial charge < -0.3 is 115 Å². The number of rotatable bonds is 12. The Kier molecular flexibility index (Phi) is 15.3. The average Bonchev–Trinajstić information content (AvgIpc) is 3.17. The monoisotopic (exact) mass is 807 g/mol. The van der Waals surface area contributed by atoms with Crippen LogP contribution in [0, 0.1) is 0 Å². The van der Waals surface area contributed by atoms with E-state index >= 15 is 0 Å². The normalized spacial score (nSPS) is 52.5. The van der Waals surface area contributed by atoms with Crippen molar-refractivity contribution in [2.75, 3.05) is 26.4 Å². The lowest BCUT2D eigenvalue weighted by molar-refractivity contribution is -0.373. The Morgan fingerprint density at radius 3 is 1.58 bits per heavy atom. The molecule has 24 nitrogen and oxygen atoms in total. The van der Waals surface area contributed by atoms with Gasteiger partial charge in [0.25, 0.3) is 0 Å². The summed E-state index contributed by atoms with van der Waals surface area (Å²) in [5, 5.41) is 169. The summed E-state index contributed by atoms with van der Waals surface area (Å²) in [6, 6.07) is -1.32. The standard InChI is InChI=1S/C31H53NO23/c1-7-24(18(42)21(45)29(48)49-7)53-25-8(3-33)2-9(13(37)16(25)40)32-28-20(44)17(41)26(11(5-35)50-28)54-31-23(47)19(43)27(12(6-36)52-31)55-30-22(46)15(39)14(38)10(4-34)51-30/h2,7,9-48H,3-6H2,1H3/t7-,9+,10-,11-,12-,13+,14-,15+,16-,17-,18-,19-,20-,21-,22-,23-,24-,25-,26-,27-,28+,29+,30-,31-/m1/s1. The molecular weight excluding hydrogens is 754 g/mol. The summed E-state index contributed by atoms with van der Waals surface area (Å²) in [6.45, 7) is -1.93. The molecule has 0 amide bonds. The largest absolute Gasteiger partial charge is 0.394 e. The van der Waals surface area contributed by atoms with Gasteiger partial charge >= 0.3 is 0 Å². The highest BCUT2D eigenvalue weighted by molar-refractivity contribution is 5.23. The van der Waals surface area contributed by atoms with Gasteiger partial charge in [0.1, 0.15) is 116 Å². The zero-order valence-electron chi connectivity index (χ0n) is 29.3. The molecule has 24 heteroatoms. The van der Waals surface area contributed by atoms with Crippen LogP contribution in [0.1, 0.15) is 6.92 Å². The number of hydrogen-bond donors (Lipinski definition) is 17. The van der Waals surface area contributed by atoms with Crippen molar-refractivity contribution in [2.24, 2.45) is 0 Å². The molecule has 0 aromatic rings. The molecule has 0 unspecified atom stereocenters. The summed E-state index contributed by atoms with van der Waals surface area (Å²) in [4.78, 5) is 0. The van der Waals surface area contributed by atoms with E-state index in [1.165, 1.54) is 13.0 Å². The molecule has 320 valence electrons. The lowest BCUT2D eigenvalue weighted by atomic mass is 9.87. The Morgan fingerprint density at radius 1 is 0.509 bits per heavy atom. The van der Waals surface area contributed by atoms with E-state index in [-0.39, 0.29) is 5.57 Å². The van der Waals surface area contributed by atoms with Crippen LogP contribution >= 0.6 is 0 Å². The van der Waals surface area contributed by atoms with Gasteiger partial charge in [-0.1, -0.05) is 6.08 Å². The van der Waals surface area contributed by atoms with Crippen LogP contribution in [-0.2, 0) is 33.2 Å². The second kappa shape index (κ2) is 18.8. The van der Waals surface area contributed by atoms with E-state index in [4.69, 9.17) is 33.2 Å². The van der Waals surface area contributed by atoms with Crippen molar-refractivity contribution in [3.8, 4) is 0 Å². The van der Waals surface area contributed by atoms with Crippen LogP contribution in [0.2, 0.25) is 0 Å². The fourth-order valence-corrected chi connectivity index (χ4v) is 7.28. The predicted octanol–water partition coefficient (Wildman–Crippen LogP) is -10.7. The Morgan fingerprint density at radius 2 is 1.02 bits per heavy atom. The summed E-state index contributed by atoms with van der Waals surface area (Å²) in [5.41, 5.74) is -0.0321. The van der Waals surface area contributed by atoms with Gasteiger partial charge in [-0.05, 0) is 12.5 Å². The molecule has 1 aliphatic carbocycles. The zero-order valence-corrected chi connectivity index (χ0v) is 29.3. The first-order valence-electron chi connectivity index (χ1n) is 17.6. The maximum absolute atomic E-state index is 11.1. The molecule has 0 bridgehead atoms. The molecule has 0 spiro atoms. The van der Waals surface area contributed by atoms with Crippen molar-refractivity contribution in [2.45, 2.75) is 154 Å². The van der Waals surface area contributed by atoms with Crippen LogP contribution in [0.4, 0.5) is 0 Å². The summed E-state index contributed by atoms with van der Waals surface area (Å²) >= 11 is 0. The molecule has 4 aliphatic heterocycles. The van der Waals surface area contributed by atoms with Crippen LogP contribution in [0.25, 0.3) is 0 Å². The average molecular weight is 808 g/mol. The second-order valence-corrected chi connectivity index (χ2v) is 14.2. The molecule has 55 heavy (non-hydrogen) atoms. The molecule has 5 aliphatic rings. The summed E-state index contributed by atoms with van der Waals surface area (Å²) in [6.07, 6.45) is -37.8. The molecule has 0 aromatic heterocycles. The topological polar surface area (TPSA) is 400 Å². The first kappa shape index (κ1) is 44.9. The number of hydrogen-bond acceptors (Lipinski definition) is 24. The first-order chi connectivity index (χ1) is 26.0. The van der Waals surface area contributed by atoms with Gasteiger partial charge in [-0.25, -0.2) is 0 Å². The van der Waals surface area contributed by atoms with Crippen LogP contribution in [0.5, 0.6) is 0 Å². The SMILES string of the molecule is C[C@H]1O[C@H](O)[C@H](O)[C@@H](O)[C@@H]1O[C@@H]1C(CO)=C[C@H](N[C@H]2O[C@H](CO)[C@@H](O[C@H]3O[C@H](CO)[C@@H](O[C@H]4O[C@H](CO)[C@@H](O)[C@H](O)[C@H]4O)[C@H](O)[C@H]3O)[C@H](O)[C@H]2O)[C@H](O)[C@H]1O. The van der Waals surface area contributed by atoms with Gasteiger partial charge in [-0.15, -0.1) is 0 Å². The maximum Gasteiger partial charge on any atom is 0.187 e. The summed E-state index contributed by atoms with van der Waals surface area (Å²) in [5.74, 6) is 0. The molecule has 17 N–H and O–H groups in total. The maximum atomic E-state index is 11.1. The van der Waals surface area contributed by atoms with E-state index in [1.807, 2.05) is 0 Å². The van der Waals surface area contributed by atoms with E-state index < -0.39 is 174 Å². The van der Waals surface area contributed by atoms with Crippen molar-refractivity contribution < 1.29 is 115 Å². The molecule has 4 heterocycles. The molecule has 0 saturated carbocycles. The number of aliphatic hydroxyl groups is 16. The Balaban J connectivity index is 1.24. The molecule has 0 aromatic carbocycles. The lowest BCUT2D eigenvalue weighted by Gasteiger charge is -2.49. The highest BCUT2D eigenvalue weighted by Crippen LogP contribution is 2.34. The Bertz CT molecular complexity index is 1250. The van der Waals surface area contributed by atoms with Crippen molar-refractivity contribution in [3.63, 3.8) is 0 Å². The second-order valence-electron chi connectivity index (χ2n) is 14.2. The van der Waals surface area contributed by atoms with E-state index in [0.29, 0.717) is 0 Å². The fraction of sp³-hybridized carbons (Fsp3) is 0.935. The van der Waals surface area contributed by atoms with E-state index in [1.54, 1.807) is 0 Å². The van der Waals surface area contributed by atoms with Gasteiger partial charge in [0.15, 0.2) is 18.9 Å². The molecule has 5 rings (SSSR count). The lowest BCUT2D eigenvalue weighted by Crippen LogP contribution is -2.69. The van der Waals surface area contributed by atoms with E-state index in [2.05, 4.69) is 5.32 Å². The van der Waals surface area contributed by atoms with Crippen LogP contribution in [-0.4, -0.2) is 255 Å². The summed E-state index contributed by atoms with van der Waals surface area (Å²) < 4.78 is 38.6. The van der Waals surface area contributed by atoms with Crippen molar-refractivity contribution >= 4 is 0 Å². The Hall–Kier alpha value is -1.22. The summed E-state index contributed by atoms with van der Waals surface area (Å²) in [7, 11) is 0. The number of nitrogens with one attached hydrogen (secondary N) is 1. The smallest absolute Gasteiger partial charge is 0.187 e. The number of ether oxygens (including phenoxy) is 7. The van der Waals surface area contributed by atoms with Crippen LogP contribution < -0.4 is 5.32 Å². The van der Waals surface area contributed by atoms with Gasteiger partial charge in [0, 0.05) is 0 Å². The molecule has 0 radical (unpaired) electrons. The third kappa shape index (κ3) is 9.03. The zero-order chi connectivity index (χ0) is 40.6. The predicted molar refractivity (Wildman–Crippen MR) is 170 cm³/mol. The van der Waals surface area contributed by atoms with E-state index in [9.17, 15) is 81.7 Å². The van der Waals surface area contributed by atoms with Crippen LogP contribution in [0.3, 0.4) is 0 Å². The first-order valence-corrected chi connectivity index (χ1v) is 17.6. The third-order valence-electron chi connectivity index (χ3n) is 10.5. The minimum atomic E-state index is -2.04. The van der Waals surface area contributed by atoms with Crippen molar-refractivity contribution in [1.29, 1.82) is 0 Å². The minimum absolute atomic E-state index is 0.0321. The molecular formula is C31H53NO23. The van der Waals surface area contributed by atoms with Crippen LogP contribution in [0.15, 0.2) is 11.6 Å². The van der Waals surface area contributed by atoms with Crippen molar-refractivity contribution in [3.05, 3.63) is 11.6 Å². The minimum Gasteiger partial charge on any atom is -0.394 e. The van der Waals surface area contributed by atoms with Gasteiger partial charge in [-0.2, -0.15) is 0 Å². The third-order valence-corrected chi connectivity index (χ3v) is 10.5. The molecule has 4 fully saturated rings. The van der Waals surface area contributed by atoms with Gasteiger partial charge in [0.2, 0.25) is 0 Å². The number of aliphatic hydroxyl groups excluding tert-OH is 16. The Labute approximate surface area is 312 Å². The quantitative estimate of drug-likeness (QED) is 0.0814. The highest BCUT2D eigenvalue weighted by atomic mass is 16.7. The molecule has 4 saturated heterocycles. The highest BCUT2D eigenvalue weighted by Gasteiger charge is 2.54.